The third kappa shape index (κ3) is 2.69. The summed E-state index contributed by atoms with van der Waals surface area (Å²) < 4.78 is 1.99. The third-order valence-electron chi connectivity index (χ3n) is 3.23. The van der Waals surface area contributed by atoms with Crippen LogP contribution >= 0.6 is 11.3 Å². The molecule has 1 amide bonds. The van der Waals surface area contributed by atoms with Crippen LogP contribution in [0.5, 0.6) is 0 Å². The molecule has 0 spiro atoms. The summed E-state index contributed by atoms with van der Waals surface area (Å²) >= 11 is 1.59. The molecule has 1 aromatic carbocycles. The lowest BCUT2D eigenvalue weighted by atomic mass is 9.95. The van der Waals surface area contributed by atoms with Crippen molar-refractivity contribution in [2.75, 3.05) is 5.32 Å². The van der Waals surface area contributed by atoms with Crippen LogP contribution in [0, 0.1) is 5.41 Å². The van der Waals surface area contributed by atoms with Crippen LogP contribution in [-0.2, 0) is 4.79 Å². The molecule has 1 N–H and O–H groups in total. The number of carbonyl (C=O) groups is 1. The van der Waals surface area contributed by atoms with Crippen LogP contribution in [-0.4, -0.2) is 15.3 Å². The molecule has 0 unspecified atom stereocenters. The third-order valence-corrected chi connectivity index (χ3v) is 4.00. The highest BCUT2D eigenvalue weighted by molar-refractivity contribution is 7.15. The molecule has 21 heavy (non-hydrogen) atoms. The molecule has 0 aliphatic heterocycles. The standard InChI is InChI=1S/C16H17N3OS/c1-16(2,3)14(20)17-12-7-5-4-6-11(12)13-10-19-8-9-21-15(19)18-13/h4-10H,1-3H3,(H,17,20). The highest BCUT2D eigenvalue weighted by Gasteiger charge is 2.22. The Kier molecular flexibility index (Phi) is 3.29. The van der Waals surface area contributed by atoms with Crippen LogP contribution in [0.25, 0.3) is 16.2 Å². The summed E-state index contributed by atoms with van der Waals surface area (Å²) in [6.45, 7) is 5.70. The Morgan fingerprint density at radius 3 is 2.76 bits per heavy atom. The number of anilines is 1. The zero-order valence-corrected chi connectivity index (χ0v) is 13.1. The normalized spacial score (nSPS) is 11.8. The zero-order chi connectivity index (χ0) is 15.0. The van der Waals surface area contributed by atoms with Gasteiger partial charge in [0.05, 0.1) is 11.4 Å². The van der Waals surface area contributed by atoms with Crippen molar-refractivity contribution in [1.82, 2.24) is 9.38 Å². The summed E-state index contributed by atoms with van der Waals surface area (Å²) in [5.74, 6) is -0.00373. The monoisotopic (exact) mass is 299 g/mol. The van der Waals surface area contributed by atoms with Crippen molar-refractivity contribution in [3.05, 3.63) is 42.0 Å². The molecule has 0 saturated carbocycles. The lowest BCUT2D eigenvalue weighted by molar-refractivity contribution is -0.123. The molecule has 2 aromatic heterocycles. The quantitative estimate of drug-likeness (QED) is 0.776. The van der Waals surface area contributed by atoms with Crippen LogP contribution in [0.4, 0.5) is 5.69 Å². The summed E-state index contributed by atoms with van der Waals surface area (Å²) in [5.41, 5.74) is 2.17. The number of imidazole rings is 1. The SMILES string of the molecule is CC(C)(C)C(=O)Nc1ccccc1-c1cn2ccsc2n1. The Morgan fingerprint density at radius 1 is 1.29 bits per heavy atom. The number of aromatic nitrogens is 2. The fourth-order valence-corrected chi connectivity index (χ4v) is 2.68. The van der Waals surface area contributed by atoms with Gasteiger partial charge in [-0.2, -0.15) is 0 Å². The molecule has 0 atom stereocenters. The van der Waals surface area contributed by atoms with Gasteiger partial charge in [-0.1, -0.05) is 39.0 Å². The van der Waals surface area contributed by atoms with Gasteiger partial charge in [-0.3, -0.25) is 9.20 Å². The summed E-state index contributed by atoms with van der Waals surface area (Å²) in [6, 6.07) is 7.76. The fourth-order valence-electron chi connectivity index (χ4n) is 1.98. The van der Waals surface area contributed by atoms with Crippen molar-refractivity contribution in [2.24, 2.45) is 5.41 Å². The highest BCUT2D eigenvalue weighted by Crippen LogP contribution is 2.29. The molecule has 0 fully saturated rings. The number of nitrogens with one attached hydrogen (secondary N) is 1. The first-order valence-corrected chi connectivity index (χ1v) is 7.66. The van der Waals surface area contributed by atoms with Gasteiger partial charge in [-0.15, -0.1) is 11.3 Å². The maximum Gasteiger partial charge on any atom is 0.229 e. The van der Waals surface area contributed by atoms with E-state index in [1.165, 1.54) is 0 Å². The smallest absolute Gasteiger partial charge is 0.229 e. The van der Waals surface area contributed by atoms with E-state index in [2.05, 4.69) is 10.3 Å². The average Bonchev–Trinajstić information content (AvgIpc) is 2.99. The largest absolute Gasteiger partial charge is 0.325 e. The summed E-state index contributed by atoms with van der Waals surface area (Å²) in [6.07, 6.45) is 3.96. The Morgan fingerprint density at radius 2 is 2.05 bits per heavy atom. The summed E-state index contributed by atoms with van der Waals surface area (Å²) in [7, 11) is 0. The minimum Gasteiger partial charge on any atom is -0.325 e. The summed E-state index contributed by atoms with van der Waals surface area (Å²) in [5, 5.41) is 5.00. The molecule has 0 radical (unpaired) electrons. The predicted octanol–water partition coefficient (Wildman–Crippen LogP) is 4.05. The van der Waals surface area contributed by atoms with E-state index in [0.717, 1.165) is 21.9 Å². The Hall–Kier alpha value is -2.14. The summed E-state index contributed by atoms with van der Waals surface area (Å²) in [4.78, 5) is 17.8. The van der Waals surface area contributed by atoms with Crippen LogP contribution in [0.3, 0.4) is 0 Å². The van der Waals surface area contributed by atoms with Gasteiger partial charge in [-0.25, -0.2) is 4.98 Å². The number of carbonyl (C=O) groups excluding carboxylic acids is 1. The van der Waals surface area contributed by atoms with E-state index in [9.17, 15) is 4.79 Å². The first-order chi connectivity index (χ1) is 9.95. The second-order valence-electron chi connectivity index (χ2n) is 5.97. The number of rotatable bonds is 2. The van der Waals surface area contributed by atoms with Gasteiger partial charge in [0.2, 0.25) is 5.91 Å². The van der Waals surface area contributed by atoms with Crippen LogP contribution < -0.4 is 5.32 Å². The van der Waals surface area contributed by atoms with E-state index in [4.69, 9.17) is 0 Å². The zero-order valence-electron chi connectivity index (χ0n) is 12.3. The van der Waals surface area contributed by atoms with Gasteiger partial charge in [0.15, 0.2) is 4.96 Å². The number of hydrogen-bond acceptors (Lipinski definition) is 3. The molecule has 3 aromatic rings. The highest BCUT2D eigenvalue weighted by atomic mass is 32.1. The molecule has 0 aliphatic carbocycles. The second kappa shape index (κ2) is 5.00. The number of para-hydroxylation sites is 1. The number of thiazole rings is 1. The molecule has 2 heterocycles. The molecule has 0 bridgehead atoms. The minimum absolute atomic E-state index is 0.00373. The van der Waals surface area contributed by atoms with Crippen molar-refractivity contribution in [3.63, 3.8) is 0 Å². The number of hydrogen-bond donors (Lipinski definition) is 1. The van der Waals surface area contributed by atoms with E-state index < -0.39 is 5.41 Å². The Labute approximate surface area is 127 Å². The molecular formula is C16H17N3OS. The number of benzene rings is 1. The van der Waals surface area contributed by atoms with Crippen LogP contribution in [0.2, 0.25) is 0 Å². The van der Waals surface area contributed by atoms with Crippen molar-refractivity contribution < 1.29 is 4.79 Å². The lowest BCUT2D eigenvalue weighted by Gasteiger charge is -2.19. The van der Waals surface area contributed by atoms with Crippen molar-refractivity contribution in [1.29, 1.82) is 0 Å². The second-order valence-corrected chi connectivity index (χ2v) is 6.84. The number of nitrogens with zero attached hydrogens (tertiary/aromatic N) is 2. The Bertz CT molecular complexity index is 767. The van der Waals surface area contributed by atoms with Gasteiger partial charge in [0, 0.05) is 28.8 Å². The van der Waals surface area contributed by atoms with Crippen LogP contribution in [0.15, 0.2) is 42.0 Å². The van der Waals surface area contributed by atoms with Gasteiger partial charge in [0.25, 0.3) is 0 Å². The minimum atomic E-state index is -0.429. The molecular weight excluding hydrogens is 282 g/mol. The van der Waals surface area contributed by atoms with Gasteiger partial charge in [0.1, 0.15) is 0 Å². The first kappa shape index (κ1) is 13.8. The van der Waals surface area contributed by atoms with E-state index in [-0.39, 0.29) is 5.91 Å². The van der Waals surface area contributed by atoms with Crippen molar-refractivity contribution in [3.8, 4) is 11.3 Å². The van der Waals surface area contributed by atoms with Crippen LogP contribution in [0.1, 0.15) is 20.8 Å². The molecule has 5 heteroatoms. The van der Waals surface area contributed by atoms with E-state index in [1.807, 2.05) is 67.2 Å². The molecule has 4 nitrogen and oxygen atoms in total. The Balaban J connectivity index is 2.00. The molecule has 3 rings (SSSR count). The average molecular weight is 299 g/mol. The lowest BCUT2D eigenvalue weighted by Crippen LogP contribution is -2.27. The molecule has 108 valence electrons. The van der Waals surface area contributed by atoms with Crippen molar-refractivity contribution >= 4 is 27.9 Å². The van der Waals surface area contributed by atoms with E-state index in [0.29, 0.717) is 0 Å². The maximum absolute atomic E-state index is 12.2. The first-order valence-electron chi connectivity index (χ1n) is 6.78. The van der Waals surface area contributed by atoms with Gasteiger partial charge < -0.3 is 5.32 Å². The van der Waals surface area contributed by atoms with Crippen molar-refractivity contribution in [2.45, 2.75) is 20.8 Å². The van der Waals surface area contributed by atoms with E-state index in [1.54, 1.807) is 11.3 Å². The molecule has 0 aliphatic rings. The number of amides is 1. The number of fused-ring (bicyclic) bond motifs is 1. The molecule has 0 saturated heterocycles. The van der Waals surface area contributed by atoms with Gasteiger partial charge in [-0.05, 0) is 6.07 Å². The maximum atomic E-state index is 12.2. The topological polar surface area (TPSA) is 46.4 Å². The fraction of sp³-hybridized carbons (Fsp3) is 0.250. The van der Waals surface area contributed by atoms with Gasteiger partial charge >= 0.3 is 0 Å². The predicted molar refractivity (Wildman–Crippen MR) is 86.6 cm³/mol. The van der Waals surface area contributed by atoms with E-state index >= 15 is 0 Å².